The highest BCUT2D eigenvalue weighted by atomic mass is 35.5. The lowest BCUT2D eigenvalue weighted by atomic mass is 10.1. The Labute approximate surface area is 150 Å². The van der Waals surface area contributed by atoms with Gasteiger partial charge in [-0.15, -0.1) is 11.3 Å². The summed E-state index contributed by atoms with van der Waals surface area (Å²) >= 11 is 7.46. The molecule has 25 heavy (non-hydrogen) atoms. The molecule has 0 saturated heterocycles. The maximum atomic E-state index is 13.2. The highest BCUT2D eigenvalue weighted by Gasteiger charge is 2.16. The first-order valence-corrected chi connectivity index (χ1v) is 8.48. The van der Waals surface area contributed by atoms with Crippen molar-refractivity contribution in [2.24, 2.45) is 0 Å². The van der Waals surface area contributed by atoms with Crippen LogP contribution in [0.5, 0.6) is 11.6 Å². The number of nitrogens with zero attached hydrogens (tertiary/aromatic N) is 2. The van der Waals surface area contributed by atoms with Crippen molar-refractivity contribution in [1.29, 1.82) is 0 Å². The van der Waals surface area contributed by atoms with Crippen molar-refractivity contribution in [2.75, 3.05) is 0 Å². The van der Waals surface area contributed by atoms with Crippen molar-refractivity contribution in [3.8, 4) is 22.8 Å². The molecule has 3 nitrogen and oxygen atoms in total. The van der Waals surface area contributed by atoms with Crippen molar-refractivity contribution < 1.29 is 13.5 Å². The summed E-state index contributed by atoms with van der Waals surface area (Å²) in [5, 5.41) is 2.75. The number of halogens is 3. The number of rotatable bonds is 3. The number of hydrogen-bond acceptors (Lipinski definition) is 4. The Hall–Kier alpha value is -2.57. The van der Waals surface area contributed by atoms with Crippen LogP contribution in [0.25, 0.3) is 21.3 Å². The second-order valence-corrected chi connectivity index (χ2v) is 6.46. The molecule has 2 aromatic heterocycles. The quantitative estimate of drug-likeness (QED) is 0.435. The topological polar surface area (TPSA) is 35.0 Å². The number of hydrogen-bond donors (Lipinski definition) is 0. The highest BCUT2D eigenvalue weighted by molar-refractivity contribution is 7.17. The molecule has 0 radical (unpaired) electrons. The van der Waals surface area contributed by atoms with Crippen molar-refractivity contribution in [1.82, 2.24) is 9.97 Å². The van der Waals surface area contributed by atoms with Crippen LogP contribution in [0.3, 0.4) is 0 Å². The molecule has 7 heteroatoms. The monoisotopic (exact) mass is 374 g/mol. The molecule has 0 unspecified atom stereocenters. The number of aromatic nitrogens is 2. The molecule has 4 rings (SSSR count). The van der Waals surface area contributed by atoms with E-state index in [1.54, 1.807) is 12.1 Å². The molecular formula is C18H9ClF2N2OS. The van der Waals surface area contributed by atoms with E-state index in [4.69, 9.17) is 16.3 Å². The van der Waals surface area contributed by atoms with Crippen LogP contribution < -0.4 is 4.74 Å². The molecule has 2 aromatic carbocycles. The summed E-state index contributed by atoms with van der Waals surface area (Å²) in [7, 11) is 0. The van der Waals surface area contributed by atoms with Crippen LogP contribution in [0.1, 0.15) is 0 Å². The number of ether oxygens (including phenoxy) is 1. The van der Waals surface area contributed by atoms with Crippen LogP contribution in [0, 0.1) is 11.6 Å². The number of fused-ring (bicyclic) bond motifs is 1. The van der Waals surface area contributed by atoms with E-state index in [0.717, 1.165) is 16.0 Å². The van der Waals surface area contributed by atoms with Crippen LogP contribution in [0.15, 0.2) is 54.2 Å². The van der Waals surface area contributed by atoms with E-state index in [0.29, 0.717) is 17.0 Å². The minimum Gasteiger partial charge on any atom is -0.437 e. The van der Waals surface area contributed by atoms with Gasteiger partial charge in [-0.3, -0.25) is 0 Å². The molecule has 0 saturated carbocycles. The summed E-state index contributed by atoms with van der Waals surface area (Å²) in [6, 6.07) is 10.0. The van der Waals surface area contributed by atoms with E-state index >= 15 is 0 Å². The van der Waals surface area contributed by atoms with Crippen LogP contribution in [0.4, 0.5) is 8.78 Å². The Morgan fingerprint density at radius 3 is 2.48 bits per heavy atom. The van der Waals surface area contributed by atoms with Gasteiger partial charge in [-0.2, -0.15) is 0 Å². The summed E-state index contributed by atoms with van der Waals surface area (Å²) < 4.78 is 32.2. The average molecular weight is 375 g/mol. The van der Waals surface area contributed by atoms with Gasteiger partial charge < -0.3 is 4.74 Å². The van der Waals surface area contributed by atoms with Crippen molar-refractivity contribution in [3.63, 3.8) is 0 Å². The average Bonchev–Trinajstić information content (AvgIpc) is 3.03. The summed E-state index contributed by atoms with van der Waals surface area (Å²) in [4.78, 5) is 9.16. The standard InChI is InChI=1S/C18H9ClF2N2OS/c19-14-7-12(21)5-6-15(14)24-17-16-13(8-25-18(16)23-9-22-17)10-1-3-11(20)4-2-10/h1-9H. The van der Waals surface area contributed by atoms with Gasteiger partial charge in [0.25, 0.3) is 0 Å². The lowest BCUT2D eigenvalue weighted by Crippen LogP contribution is -1.92. The van der Waals surface area contributed by atoms with E-state index in [1.807, 2.05) is 5.38 Å². The molecule has 0 bridgehead atoms. The van der Waals surface area contributed by atoms with Crippen molar-refractivity contribution >= 4 is 33.2 Å². The predicted molar refractivity (Wildman–Crippen MR) is 94.3 cm³/mol. The third kappa shape index (κ3) is 3.06. The Morgan fingerprint density at radius 1 is 0.960 bits per heavy atom. The third-order valence-corrected chi connectivity index (χ3v) is 4.77. The third-order valence-electron chi connectivity index (χ3n) is 3.59. The lowest BCUT2D eigenvalue weighted by Gasteiger charge is -2.09. The molecule has 0 amide bonds. The second-order valence-electron chi connectivity index (χ2n) is 5.19. The van der Waals surface area contributed by atoms with Gasteiger partial charge in [-0.25, -0.2) is 18.7 Å². The van der Waals surface area contributed by atoms with Crippen molar-refractivity contribution in [3.05, 3.63) is 70.8 Å². The zero-order chi connectivity index (χ0) is 17.4. The fraction of sp³-hybridized carbons (Fsp3) is 0. The Bertz CT molecular complexity index is 1070. The maximum Gasteiger partial charge on any atom is 0.231 e. The second kappa shape index (κ2) is 6.38. The molecule has 0 N–H and O–H groups in total. The minimum absolute atomic E-state index is 0.144. The normalized spacial score (nSPS) is 11.0. The van der Waals surface area contributed by atoms with Gasteiger partial charge >= 0.3 is 0 Å². The summed E-state index contributed by atoms with van der Waals surface area (Å²) in [5.74, 6) is -0.166. The summed E-state index contributed by atoms with van der Waals surface area (Å²) in [6.07, 6.45) is 1.39. The largest absolute Gasteiger partial charge is 0.437 e. The van der Waals surface area contributed by atoms with Crippen LogP contribution >= 0.6 is 22.9 Å². The molecular weight excluding hydrogens is 366 g/mol. The maximum absolute atomic E-state index is 13.2. The summed E-state index contributed by atoms with van der Waals surface area (Å²) in [5.41, 5.74) is 1.64. The SMILES string of the molecule is Fc1ccc(-c2csc3ncnc(Oc4ccc(F)cc4Cl)c23)cc1. The Kier molecular flexibility index (Phi) is 4.07. The predicted octanol–water partition coefficient (Wildman–Crippen LogP) is 6.08. The smallest absolute Gasteiger partial charge is 0.231 e. The van der Waals surface area contributed by atoms with E-state index in [2.05, 4.69) is 9.97 Å². The van der Waals surface area contributed by atoms with E-state index < -0.39 is 5.82 Å². The van der Waals surface area contributed by atoms with Crippen LogP contribution in [-0.2, 0) is 0 Å². The molecule has 2 heterocycles. The molecule has 0 atom stereocenters. The van der Waals surface area contributed by atoms with Gasteiger partial charge in [-0.1, -0.05) is 23.7 Å². The lowest BCUT2D eigenvalue weighted by molar-refractivity contribution is 0.467. The molecule has 124 valence electrons. The van der Waals surface area contributed by atoms with Gasteiger partial charge in [0.05, 0.1) is 10.4 Å². The molecule has 0 fully saturated rings. The van der Waals surface area contributed by atoms with Gasteiger partial charge in [0.2, 0.25) is 5.88 Å². The zero-order valence-corrected chi connectivity index (χ0v) is 14.1. The van der Waals surface area contributed by atoms with Gasteiger partial charge in [0.15, 0.2) is 0 Å². The van der Waals surface area contributed by atoms with Gasteiger partial charge in [-0.05, 0) is 35.9 Å². The van der Waals surface area contributed by atoms with Crippen LogP contribution in [0.2, 0.25) is 5.02 Å². The number of benzene rings is 2. The van der Waals surface area contributed by atoms with Crippen LogP contribution in [-0.4, -0.2) is 9.97 Å². The molecule has 4 aromatic rings. The minimum atomic E-state index is -0.451. The zero-order valence-electron chi connectivity index (χ0n) is 12.5. The van der Waals surface area contributed by atoms with E-state index in [9.17, 15) is 8.78 Å². The Morgan fingerprint density at radius 2 is 1.72 bits per heavy atom. The first kappa shape index (κ1) is 15.9. The highest BCUT2D eigenvalue weighted by Crippen LogP contribution is 2.40. The molecule has 0 aliphatic carbocycles. The fourth-order valence-electron chi connectivity index (χ4n) is 2.43. The first-order chi connectivity index (χ1) is 12.1. The summed E-state index contributed by atoms with van der Waals surface area (Å²) in [6.45, 7) is 0. The fourth-order valence-corrected chi connectivity index (χ4v) is 3.54. The molecule has 0 aliphatic rings. The van der Waals surface area contributed by atoms with E-state index in [1.165, 1.54) is 48.0 Å². The van der Waals surface area contributed by atoms with Crippen molar-refractivity contribution in [2.45, 2.75) is 0 Å². The number of thiophene rings is 1. The Balaban J connectivity index is 1.84. The van der Waals surface area contributed by atoms with Gasteiger partial charge in [0.1, 0.15) is 28.5 Å². The molecule has 0 spiro atoms. The van der Waals surface area contributed by atoms with Gasteiger partial charge in [0, 0.05) is 10.9 Å². The molecule has 0 aliphatic heterocycles. The van der Waals surface area contributed by atoms with E-state index in [-0.39, 0.29) is 10.8 Å². The first-order valence-electron chi connectivity index (χ1n) is 7.23.